The summed E-state index contributed by atoms with van der Waals surface area (Å²) >= 11 is 0. The first kappa shape index (κ1) is 8.56. The third-order valence-electron chi connectivity index (χ3n) is 2.47. The van der Waals surface area contributed by atoms with E-state index in [1.807, 2.05) is 0 Å². The van der Waals surface area contributed by atoms with Crippen molar-refractivity contribution < 1.29 is 4.42 Å². The minimum Gasteiger partial charge on any atom is -0.424 e. The summed E-state index contributed by atoms with van der Waals surface area (Å²) < 4.78 is 5.15. The summed E-state index contributed by atoms with van der Waals surface area (Å²) in [7, 11) is 0. The predicted octanol–water partition coefficient (Wildman–Crippen LogP) is 1.29. The summed E-state index contributed by atoms with van der Waals surface area (Å²) in [6.45, 7) is 0.696. The van der Waals surface area contributed by atoms with Gasteiger partial charge < -0.3 is 15.5 Å². The van der Waals surface area contributed by atoms with Gasteiger partial charge in [0, 0.05) is 6.04 Å². The van der Waals surface area contributed by atoms with E-state index in [0.717, 1.165) is 0 Å². The molecule has 1 saturated carbocycles. The fourth-order valence-corrected chi connectivity index (χ4v) is 1.77. The zero-order valence-corrected chi connectivity index (χ0v) is 7.62. The number of rotatable bonds is 3. The molecule has 0 radical (unpaired) electrons. The summed E-state index contributed by atoms with van der Waals surface area (Å²) in [6.07, 6.45) is 6.77. The van der Waals surface area contributed by atoms with E-state index in [0.29, 0.717) is 24.4 Å². The standard InChI is InChI=1S/C9H15N3O/c10-8-5-12-9(13-8)6-11-7-3-1-2-4-7/h5,7,11H,1-4,6,10H2. The Morgan fingerprint density at radius 3 is 2.92 bits per heavy atom. The Kier molecular flexibility index (Phi) is 2.49. The fourth-order valence-electron chi connectivity index (χ4n) is 1.77. The monoisotopic (exact) mass is 181 g/mol. The predicted molar refractivity (Wildman–Crippen MR) is 50.0 cm³/mol. The average molecular weight is 181 g/mol. The molecule has 0 aliphatic heterocycles. The van der Waals surface area contributed by atoms with Crippen molar-refractivity contribution in [2.24, 2.45) is 0 Å². The topological polar surface area (TPSA) is 64.1 Å². The Labute approximate surface area is 77.5 Å². The van der Waals surface area contributed by atoms with Gasteiger partial charge in [0.2, 0.25) is 11.8 Å². The van der Waals surface area contributed by atoms with Crippen LogP contribution in [0.5, 0.6) is 0 Å². The van der Waals surface area contributed by atoms with Gasteiger partial charge in [0.05, 0.1) is 12.7 Å². The van der Waals surface area contributed by atoms with Gasteiger partial charge in [-0.1, -0.05) is 12.8 Å². The van der Waals surface area contributed by atoms with Crippen LogP contribution in [-0.2, 0) is 6.54 Å². The zero-order valence-electron chi connectivity index (χ0n) is 7.62. The molecule has 1 fully saturated rings. The largest absolute Gasteiger partial charge is 0.424 e. The number of hydrogen-bond donors (Lipinski definition) is 2. The van der Waals surface area contributed by atoms with E-state index in [1.165, 1.54) is 25.7 Å². The fraction of sp³-hybridized carbons (Fsp3) is 0.667. The number of nitrogens with one attached hydrogen (secondary N) is 1. The molecular formula is C9H15N3O. The molecule has 4 heteroatoms. The van der Waals surface area contributed by atoms with Crippen LogP contribution in [0.2, 0.25) is 0 Å². The molecule has 1 aliphatic rings. The molecule has 0 bridgehead atoms. The van der Waals surface area contributed by atoms with E-state index in [1.54, 1.807) is 6.20 Å². The molecule has 0 spiro atoms. The van der Waals surface area contributed by atoms with Crippen LogP contribution < -0.4 is 11.1 Å². The average Bonchev–Trinajstić information content (AvgIpc) is 2.71. The number of nitrogens with two attached hydrogens (primary N) is 1. The van der Waals surface area contributed by atoms with Gasteiger partial charge in [-0.2, -0.15) is 0 Å². The molecule has 0 atom stereocenters. The molecule has 3 N–H and O–H groups in total. The van der Waals surface area contributed by atoms with Crippen LogP contribution in [0.4, 0.5) is 5.88 Å². The van der Waals surface area contributed by atoms with Crippen molar-refractivity contribution in [2.45, 2.75) is 38.3 Å². The van der Waals surface area contributed by atoms with Crippen LogP contribution in [0.1, 0.15) is 31.6 Å². The minimum absolute atomic E-state index is 0.392. The lowest BCUT2D eigenvalue weighted by atomic mass is 10.2. The van der Waals surface area contributed by atoms with E-state index in [-0.39, 0.29) is 0 Å². The van der Waals surface area contributed by atoms with Crippen LogP contribution in [0.15, 0.2) is 10.6 Å². The number of anilines is 1. The van der Waals surface area contributed by atoms with Gasteiger partial charge in [-0.15, -0.1) is 0 Å². The van der Waals surface area contributed by atoms with Gasteiger partial charge in [0.1, 0.15) is 0 Å². The summed E-state index contributed by atoms with van der Waals surface area (Å²) in [4.78, 5) is 4.02. The molecule has 1 heterocycles. The molecule has 72 valence electrons. The lowest BCUT2D eigenvalue weighted by Crippen LogP contribution is -2.25. The summed E-state index contributed by atoms with van der Waals surface area (Å²) in [6, 6.07) is 0.646. The maximum Gasteiger partial charge on any atom is 0.211 e. The molecular weight excluding hydrogens is 166 g/mol. The van der Waals surface area contributed by atoms with Crippen LogP contribution in [0.25, 0.3) is 0 Å². The van der Waals surface area contributed by atoms with Gasteiger partial charge in [0.15, 0.2) is 0 Å². The van der Waals surface area contributed by atoms with Crippen molar-refractivity contribution in [3.05, 3.63) is 12.1 Å². The number of oxazole rings is 1. The number of nitrogens with zero attached hydrogens (tertiary/aromatic N) is 1. The van der Waals surface area contributed by atoms with Gasteiger partial charge in [-0.3, -0.25) is 0 Å². The zero-order chi connectivity index (χ0) is 9.10. The molecule has 2 rings (SSSR count). The van der Waals surface area contributed by atoms with Gasteiger partial charge in [-0.25, -0.2) is 4.98 Å². The number of hydrogen-bond acceptors (Lipinski definition) is 4. The van der Waals surface area contributed by atoms with Crippen LogP contribution in [-0.4, -0.2) is 11.0 Å². The maximum absolute atomic E-state index is 5.41. The normalized spacial score (nSPS) is 18.2. The third kappa shape index (κ3) is 2.21. The Morgan fingerprint density at radius 2 is 2.31 bits per heavy atom. The first-order chi connectivity index (χ1) is 6.34. The lowest BCUT2D eigenvalue weighted by molar-refractivity contribution is 0.442. The molecule has 0 aromatic carbocycles. The van der Waals surface area contributed by atoms with Crippen molar-refractivity contribution in [3.63, 3.8) is 0 Å². The van der Waals surface area contributed by atoms with Crippen molar-refractivity contribution in [3.8, 4) is 0 Å². The van der Waals surface area contributed by atoms with Crippen LogP contribution in [0, 0.1) is 0 Å². The maximum atomic E-state index is 5.41. The highest BCUT2D eigenvalue weighted by Crippen LogP contribution is 2.18. The lowest BCUT2D eigenvalue weighted by Gasteiger charge is -2.08. The molecule has 13 heavy (non-hydrogen) atoms. The van der Waals surface area contributed by atoms with E-state index in [9.17, 15) is 0 Å². The van der Waals surface area contributed by atoms with Crippen molar-refractivity contribution >= 4 is 5.88 Å². The van der Waals surface area contributed by atoms with E-state index < -0.39 is 0 Å². The van der Waals surface area contributed by atoms with Crippen molar-refractivity contribution in [2.75, 3.05) is 5.73 Å². The quantitative estimate of drug-likeness (QED) is 0.737. The molecule has 1 aliphatic carbocycles. The van der Waals surface area contributed by atoms with Gasteiger partial charge >= 0.3 is 0 Å². The highest BCUT2D eigenvalue weighted by atomic mass is 16.4. The first-order valence-electron chi connectivity index (χ1n) is 4.78. The molecule has 0 saturated heterocycles. The number of aromatic nitrogens is 1. The van der Waals surface area contributed by atoms with Crippen LogP contribution in [0.3, 0.4) is 0 Å². The van der Waals surface area contributed by atoms with E-state index in [4.69, 9.17) is 10.2 Å². The van der Waals surface area contributed by atoms with Gasteiger partial charge in [0.25, 0.3) is 0 Å². The second kappa shape index (κ2) is 3.79. The highest BCUT2D eigenvalue weighted by Gasteiger charge is 2.14. The smallest absolute Gasteiger partial charge is 0.211 e. The summed E-state index contributed by atoms with van der Waals surface area (Å²) in [5, 5.41) is 3.40. The second-order valence-corrected chi connectivity index (χ2v) is 3.52. The Bertz CT molecular complexity index is 266. The second-order valence-electron chi connectivity index (χ2n) is 3.52. The number of nitrogen functional groups attached to an aromatic ring is 1. The van der Waals surface area contributed by atoms with Crippen LogP contribution >= 0.6 is 0 Å². The third-order valence-corrected chi connectivity index (χ3v) is 2.47. The Balaban J connectivity index is 1.78. The molecule has 0 unspecified atom stereocenters. The molecule has 4 nitrogen and oxygen atoms in total. The van der Waals surface area contributed by atoms with Crippen molar-refractivity contribution in [1.29, 1.82) is 0 Å². The Morgan fingerprint density at radius 1 is 1.54 bits per heavy atom. The SMILES string of the molecule is Nc1cnc(CNC2CCCC2)o1. The minimum atomic E-state index is 0.392. The summed E-state index contributed by atoms with van der Waals surface area (Å²) in [5.74, 6) is 1.08. The Hall–Kier alpha value is -1.03. The molecule has 1 aromatic heterocycles. The summed E-state index contributed by atoms with van der Waals surface area (Å²) in [5.41, 5.74) is 5.41. The van der Waals surface area contributed by atoms with Crippen molar-refractivity contribution in [1.82, 2.24) is 10.3 Å². The van der Waals surface area contributed by atoms with E-state index >= 15 is 0 Å². The molecule has 0 amide bonds. The first-order valence-corrected chi connectivity index (χ1v) is 4.78. The highest BCUT2D eigenvalue weighted by molar-refractivity contribution is 5.17. The van der Waals surface area contributed by atoms with E-state index in [2.05, 4.69) is 10.3 Å². The van der Waals surface area contributed by atoms with Gasteiger partial charge in [-0.05, 0) is 12.8 Å². The molecule has 1 aromatic rings.